The summed E-state index contributed by atoms with van der Waals surface area (Å²) in [7, 11) is 0. The fourth-order valence-corrected chi connectivity index (χ4v) is 10.4. The van der Waals surface area contributed by atoms with Gasteiger partial charge in [0.15, 0.2) is 0 Å². The number of hydrogen-bond acceptors (Lipinski definition) is 3. The van der Waals surface area contributed by atoms with Gasteiger partial charge in [-0.25, -0.2) is 0 Å². The van der Waals surface area contributed by atoms with Crippen LogP contribution in [-0.4, -0.2) is 19.5 Å². The maximum absolute atomic E-state index is 5.10. The third-order valence-corrected chi connectivity index (χ3v) is 14.2. The van der Waals surface area contributed by atoms with Crippen molar-refractivity contribution in [1.82, 2.24) is 19.5 Å². The van der Waals surface area contributed by atoms with Crippen LogP contribution in [-0.2, 0) is 20.1 Å². The smallest absolute Gasteiger partial charge is 0.333 e. The Morgan fingerprint density at radius 2 is 0.692 bits per heavy atom. The number of rotatable bonds is 12. The van der Waals surface area contributed by atoms with E-state index in [0.717, 1.165) is 118 Å². The van der Waals surface area contributed by atoms with Gasteiger partial charge in [0.1, 0.15) is 0 Å². The molecule has 0 saturated carbocycles. The van der Waals surface area contributed by atoms with E-state index in [1.54, 1.807) is 0 Å². The van der Waals surface area contributed by atoms with Gasteiger partial charge in [0.05, 0.1) is 11.5 Å². The molecule has 5 heteroatoms. The number of para-hydroxylation sites is 1. The van der Waals surface area contributed by atoms with Gasteiger partial charge in [0, 0.05) is 29.8 Å². The molecule has 0 atom stereocenters. The molecule has 10 aromatic carbocycles. The Balaban J connectivity index is 0.00000609. The van der Waals surface area contributed by atoms with E-state index in [0.29, 0.717) is 0 Å². The zero-order chi connectivity index (χ0) is 51.3. The molecule has 368 valence electrons. The molecule has 78 heavy (non-hydrogen) atoms. The van der Waals surface area contributed by atoms with Crippen LogP contribution in [0.1, 0.15) is 0 Å². The zero-order valence-electron chi connectivity index (χ0n) is 42.3. The number of pyridine rings is 2. The van der Waals surface area contributed by atoms with Crippen molar-refractivity contribution < 1.29 is 20.1 Å². The Labute approximate surface area is 469 Å². The second-order valence-electron chi connectivity index (χ2n) is 18.9. The van der Waals surface area contributed by atoms with Crippen LogP contribution in [0.3, 0.4) is 0 Å². The quantitative estimate of drug-likeness (QED) is 0.115. The second-order valence-corrected chi connectivity index (χ2v) is 18.9. The van der Waals surface area contributed by atoms with Gasteiger partial charge in [0.25, 0.3) is 0 Å². The summed E-state index contributed by atoms with van der Waals surface area (Å²) in [5.74, 6) is 0.822. The van der Waals surface area contributed by atoms with Crippen molar-refractivity contribution in [1.29, 1.82) is 0 Å². The number of nitrogens with zero attached hydrogens (tertiary/aromatic N) is 4. The summed E-state index contributed by atoms with van der Waals surface area (Å²) in [4.78, 5) is 15.1. The van der Waals surface area contributed by atoms with Crippen LogP contribution in [0.4, 0.5) is 0 Å². The van der Waals surface area contributed by atoms with E-state index in [-0.39, 0.29) is 20.1 Å². The van der Waals surface area contributed by atoms with E-state index in [9.17, 15) is 0 Å². The maximum atomic E-state index is 5.10. The van der Waals surface area contributed by atoms with Gasteiger partial charge in [-0.05, 0) is 114 Å². The first-order valence-corrected chi connectivity index (χ1v) is 25.8. The van der Waals surface area contributed by atoms with Crippen LogP contribution >= 0.6 is 0 Å². The normalized spacial score (nSPS) is 11.0. The largest absolute Gasteiger partial charge is 3.00 e. The SMILES string of the molecule is [Ir+3].[c-]1ccccc1-c1ccc(-c2ccccc2-c2cc(-c3ccccc3-c3ccc(-c4[c-]ccc(-c5ccc(-c6ccccc6)cc5)c4)nc3)cc(-c3ccccc3-c3cnc(-c4[c-]cccc4)n3-c3ccccc3)c2)cn1. The molecule has 0 amide bonds. The number of aromatic nitrogens is 4. The Kier molecular flexibility index (Phi) is 14.1. The van der Waals surface area contributed by atoms with Crippen LogP contribution in [0.15, 0.2) is 286 Å². The fraction of sp³-hybridized carbons (Fsp3) is 0. The predicted molar refractivity (Wildman–Crippen MR) is 315 cm³/mol. The summed E-state index contributed by atoms with van der Waals surface area (Å²) >= 11 is 0. The third kappa shape index (κ3) is 10.0. The molecule has 0 spiro atoms. The average molecular weight is 1170 g/mol. The van der Waals surface area contributed by atoms with E-state index in [1.165, 1.54) is 11.1 Å². The van der Waals surface area contributed by atoms with E-state index in [4.69, 9.17) is 15.0 Å². The first-order chi connectivity index (χ1) is 38.2. The minimum Gasteiger partial charge on any atom is -0.333 e. The summed E-state index contributed by atoms with van der Waals surface area (Å²) in [6.45, 7) is 0. The molecule has 0 fully saturated rings. The van der Waals surface area contributed by atoms with Crippen molar-refractivity contribution in [3.63, 3.8) is 0 Å². The van der Waals surface area contributed by atoms with Crippen LogP contribution in [0.2, 0.25) is 0 Å². The molecule has 0 aliphatic rings. The number of hydrogen-bond donors (Lipinski definition) is 0. The molecule has 3 aromatic heterocycles. The molecule has 0 aliphatic heterocycles. The first kappa shape index (κ1) is 49.2. The molecule has 0 saturated heterocycles. The molecule has 0 bridgehead atoms. The van der Waals surface area contributed by atoms with Gasteiger partial charge < -0.3 is 14.5 Å². The van der Waals surface area contributed by atoms with E-state index >= 15 is 0 Å². The Bertz CT molecular complexity index is 4160. The van der Waals surface area contributed by atoms with E-state index in [1.807, 2.05) is 79.3 Å². The molecule has 13 rings (SSSR count). The van der Waals surface area contributed by atoms with E-state index < -0.39 is 0 Å². The summed E-state index contributed by atoms with van der Waals surface area (Å²) in [5, 5.41) is 0. The van der Waals surface area contributed by atoms with Crippen LogP contribution in [0.25, 0.3) is 129 Å². The van der Waals surface area contributed by atoms with Crippen LogP contribution in [0, 0.1) is 18.2 Å². The van der Waals surface area contributed by atoms with Crippen molar-refractivity contribution in [2.45, 2.75) is 0 Å². The fourth-order valence-electron chi connectivity index (χ4n) is 10.4. The molecular weight excluding hydrogens is 1130 g/mol. The Morgan fingerprint density at radius 1 is 0.269 bits per heavy atom. The first-order valence-electron chi connectivity index (χ1n) is 25.8. The topological polar surface area (TPSA) is 43.6 Å². The van der Waals surface area contributed by atoms with E-state index in [2.05, 4.69) is 229 Å². The van der Waals surface area contributed by atoms with Crippen LogP contribution < -0.4 is 0 Å². The Morgan fingerprint density at radius 3 is 1.22 bits per heavy atom. The number of benzene rings is 10. The minimum atomic E-state index is 0. The molecule has 0 aliphatic carbocycles. The minimum absolute atomic E-state index is 0. The van der Waals surface area contributed by atoms with Crippen molar-refractivity contribution in [3.05, 3.63) is 304 Å². The third-order valence-electron chi connectivity index (χ3n) is 14.2. The van der Waals surface area contributed by atoms with Crippen molar-refractivity contribution in [2.75, 3.05) is 0 Å². The standard InChI is InChI=1S/C73H47N4.Ir/c1-5-20-51(21-6-1)52-36-38-53(39-37-52)56-26-19-27-57(44-56)71-43-41-59(49-75-71)65-31-14-16-33-67(65)61-45-60(66-32-15-13-30-64(66)58-40-42-70(74-48-58)54-22-7-2-8-23-54)46-62(47-61)68-34-17-18-35-69(68)72-50-76-73(55-24-9-3-10-25-55)77(72)63-28-11-4-12-29-63;/h1-22,24,26,28-50H;/q-3;+3. The number of imidazole rings is 1. The van der Waals surface area contributed by atoms with Gasteiger partial charge in [-0.15, -0.1) is 107 Å². The molecule has 13 aromatic rings. The summed E-state index contributed by atoms with van der Waals surface area (Å²) < 4.78 is 2.25. The van der Waals surface area contributed by atoms with Gasteiger partial charge in [-0.3, -0.25) is 4.98 Å². The summed E-state index contributed by atoms with van der Waals surface area (Å²) in [6, 6.07) is 104. The monoisotopic (exact) mass is 1170 g/mol. The van der Waals surface area contributed by atoms with Gasteiger partial charge in [-0.1, -0.05) is 170 Å². The second kappa shape index (κ2) is 22.3. The van der Waals surface area contributed by atoms with Crippen LogP contribution in [0.5, 0.6) is 0 Å². The van der Waals surface area contributed by atoms with Gasteiger partial charge in [0.2, 0.25) is 0 Å². The molecular formula is C73H47IrN4. The molecule has 0 N–H and O–H groups in total. The molecule has 3 heterocycles. The predicted octanol–water partition coefficient (Wildman–Crippen LogP) is 18.4. The van der Waals surface area contributed by atoms with Crippen molar-refractivity contribution in [2.24, 2.45) is 0 Å². The Hall–Kier alpha value is -9.64. The molecule has 0 unspecified atom stereocenters. The van der Waals surface area contributed by atoms with Gasteiger partial charge in [-0.2, -0.15) is 0 Å². The van der Waals surface area contributed by atoms with Gasteiger partial charge >= 0.3 is 20.1 Å². The molecule has 0 radical (unpaired) electrons. The average Bonchev–Trinajstić information content (AvgIpc) is 4.01. The maximum Gasteiger partial charge on any atom is 3.00 e. The summed E-state index contributed by atoms with van der Waals surface area (Å²) in [6.07, 6.45) is 5.97. The summed E-state index contributed by atoms with van der Waals surface area (Å²) in [5.41, 5.74) is 23.0. The zero-order valence-corrected chi connectivity index (χ0v) is 44.7. The van der Waals surface area contributed by atoms with Crippen molar-refractivity contribution in [3.8, 4) is 129 Å². The van der Waals surface area contributed by atoms with Crippen molar-refractivity contribution >= 4 is 0 Å². The molecule has 4 nitrogen and oxygen atoms in total.